The maximum atomic E-state index is 11.1. The number of carbonyl (C=O) groups excluding carboxylic acids is 1. The summed E-state index contributed by atoms with van der Waals surface area (Å²) in [6.07, 6.45) is 1.79. The molecule has 0 N–H and O–H groups in total. The van der Waals surface area contributed by atoms with E-state index in [9.17, 15) is 4.79 Å². The normalized spacial score (nSPS) is 12.2. The van der Waals surface area contributed by atoms with Gasteiger partial charge >= 0.3 is 5.97 Å². The Balaban J connectivity index is 3.00. The molecule has 2 heteroatoms. The third kappa shape index (κ3) is 3.09. The molecule has 0 fully saturated rings. The molecule has 0 radical (unpaired) electrons. The fraction of sp³-hybridized carbons (Fsp3) is 0.500. The van der Waals surface area contributed by atoms with Gasteiger partial charge in [-0.2, -0.15) is 0 Å². The van der Waals surface area contributed by atoms with Gasteiger partial charge < -0.3 is 4.74 Å². The third-order valence-electron chi connectivity index (χ3n) is 2.85. The Morgan fingerprint density at radius 2 is 2.06 bits per heavy atom. The van der Waals surface area contributed by atoms with Crippen LogP contribution in [-0.2, 0) is 9.53 Å². The molecule has 1 rings (SSSR count). The van der Waals surface area contributed by atoms with Gasteiger partial charge in [0.2, 0.25) is 0 Å². The largest absolute Gasteiger partial charge is 0.458 e. The van der Waals surface area contributed by atoms with E-state index in [-0.39, 0.29) is 12.1 Å². The molecule has 0 saturated carbocycles. The Hall–Kier alpha value is -1.31. The summed E-state index contributed by atoms with van der Waals surface area (Å²) in [6.45, 7) is 7.72. The highest BCUT2D eigenvalue weighted by Crippen LogP contribution is 2.27. The number of hydrogen-bond acceptors (Lipinski definition) is 2. The highest BCUT2D eigenvalue weighted by atomic mass is 16.5. The molecule has 0 bridgehead atoms. The predicted molar refractivity (Wildman–Crippen MR) is 65.3 cm³/mol. The Morgan fingerprint density at radius 3 is 2.62 bits per heavy atom. The van der Waals surface area contributed by atoms with Crippen molar-refractivity contribution < 1.29 is 9.53 Å². The van der Waals surface area contributed by atoms with Crippen molar-refractivity contribution in [1.82, 2.24) is 0 Å². The number of hydrogen-bond donors (Lipinski definition) is 0. The molecule has 0 aliphatic heterocycles. The van der Waals surface area contributed by atoms with Crippen LogP contribution in [0.3, 0.4) is 0 Å². The zero-order valence-corrected chi connectivity index (χ0v) is 10.5. The molecule has 2 nitrogen and oxygen atoms in total. The molecule has 0 amide bonds. The summed E-state index contributed by atoms with van der Waals surface area (Å²) in [5.74, 6) is -0.209. The van der Waals surface area contributed by atoms with Crippen LogP contribution in [0.4, 0.5) is 0 Å². The van der Waals surface area contributed by atoms with Crippen LogP contribution < -0.4 is 0 Å². The monoisotopic (exact) mass is 220 g/mol. The van der Waals surface area contributed by atoms with Crippen LogP contribution in [-0.4, -0.2) is 5.97 Å². The first-order chi connectivity index (χ1) is 7.56. The molecule has 1 aromatic carbocycles. The van der Waals surface area contributed by atoms with E-state index in [1.54, 1.807) is 0 Å². The van der Waals surface area contributed by atoms with E-state index >= 15 is 0 Å². The topological polar surface area (TPSA) is 26.3 Å². The summed E-state index contributed by atoms with van der Waals surface area (Å²) in [5, 5.41) is 0. The zero-order valence-electron chi connectivity index (χ0n) is 10.5. The SMILES string of the molecule is CCCC(OC(C)=O)c1cccc(C)c1C. The lowest BCUT2D eigenvalue weighted by molar-refractivity contribution is -0.147. The molecule has 1 atom stereocenters. The standard InChI is InChI=1S/C14H20O2/c1-5-7-14(16-12(4)15)13-9-6-8-10(2)11(13)3/h6,8-9,14H,5,7H2,1-4H3. The van der Waals surface area contributed by atoms with Crippen molar-refractivity contribution in [2.45, 2.75) is 46.6 Å². The second-order valence-electron chi connectivity index (χ2n) is 4.18. The Labute approximate surface area is 97.6 Å². The van der Waals surface area contributed by atoms with Crippen molar-refractivity contribution in [3.63, 3.8) is 0 Å². The van der Waals surface area contributed by atoms with E-state index in [1.165, 1.54) is 18.1 Å². The van der Waals surface area contributed by atoms with Gasteiger partial charge in [0.05, 0.1) is 0 Å². The van der Waals surface area contributed by atoms with Gasteiger partial charge in [-0.05, 0) is 37.0 Å². The van der Waals surface area contributed by atoms with Crippen LogP contribution in [0, 0.1) is 13.8 Å². The van der Waals surface area contributed by atoms with Crippen molar-refractivity contribution >= 4 is 5.97 Å². The average molecular weight is 220 g/mol. The van der Waals surface area contributed by atoms with Crippen LogP contribution in [0.15, 0.2) is 18.2 Å². The Kier molecular flexibility index (Phi) is 4.53. The summed E-state index contributed by atoms with van der Waals surface area (Å²) in [6, 6.07) is 6.14. The fourth-order valence-electron chi connectivity index (χ4n) is 1.86. The first-order valence-corrected chi connectivity index (χ1v) is 5.79. The van der Waals surface area contributed by atoms with Crippen molar-refractivity contribution in [1.29, 1.82) is 0 Å². The molecule has 0 saturated heterocycles. The molecule has 0 heterocycles. The molecule has 0 spiro atoms. The minimum absolute atomic E-state index is 0.0950. The Morgan fingerprint density at radius 1 is 1.38 bits per heavy atom. The summed E-state index contributed by atoms with van der Waals surface area (Å²) in [5.41, 5.74) is 3.60. The summed E-state index contributed by atoms with van der Waals surface area (Å²) < 4.78 is 5.37. The van der Waals surface area contributed by atoms with Crippen LogP contribution in [0.5, 0.6) is 0 Å². The van der Waals surface area contributed by atoms with Gasteiger partial charge in [-0.1, -0.05) is 31.5 Å². The average Bonchev–Trinajstić information content (AvgIpc) is 2.21. The van der Waals surface area contributed by atoms with E-state index < -0.39 is 0 Å². The zero-order chi connectivity index (χ0) is 12.1. The van der Waals surface area contributed by atoms with Gasteiger partial charge in [-0.25, -0.2) is 0 Å². The fourth-order valence-corrected chi connectivity index (χ4v) is 1.86. The molecule has 0 aromatic heterocycles. The van der Waals surface area contributed by atoms with Crippen LogP contribution in [0.25, 0.3) is 0 Å². The number of benzene rings is 1. The van der Waals surface area contributed by atoms with E-state index in [2.05, 4.69) is 26.8 Å². The maximum Gasteiger partial charge on any atom is 0.303 e. The summed E-state index contributed by atoms with van der Waals surface area (Å²) in [4.78, 5) is 11.1. The molecule has 0 aliphatic carbocycles. The van der Waals surface area contributed by atoms with Crippen molar-refractivity contribution in [3.05, 3.63) is 34.9 Å². The van der Waals surface area contributed by atoms with Gasteiger partial charge in [-0.15, -0.1) is 0 Å². The van der Waals surface area contributed by atoms with E-state index in [4.69, 9.17) is 4.74 Å². The minimum Gasteiger partial charge on any atom is -0.458 e. The van der Waals surface area contributed by atoms with E-state index in [0.717, 1.165) is 18.4 Å². The molecule has 88 valence electrons. The van der Waals surface area contributed by atoms with Crippen LogP contribution in [0.2, 0.25) is 0 Å². The van der Waals surface area contributed by atoms with Gasteiger partial charge in [0.1, 0.15) is 6.10 Å². The number of esters is 1. The second-order valence-corrected chi connectivity index (χ2v) is 4.18. The quantitative estimate of drug-likeness (QED) is 0.723. The minimum atomic E-state index is -0.209. The lowest BCUT2D eigenvalue weighted by Gasteiger charge is -2.19. The maximum absolute atomic E-state index is 11.1. The van der Waals surface area contributed by atoms with Crippen LogP contribution in [0.1, 0.15) is 49.5 Å². The molecule has 1 aromatic rings. The smallest absolute Gasteiger partial charge is 0.303 e. The third-order valence-corrected chi connectivity index (χ3v) is 2.85. The molecule has 16 heavy (non-hydrogen) atoms. The first kappa shape index (κ1) is 12.8. The molecule has 0 aliphatic rings. The molecular weight excluding hydrogens is 200 g/mol. The number of rotatable bonds is 4. The van der Waals surface area contributed by atoms with Gasteiger partial charge in [0.25, 0.3) is 0 Å². The first-order valence-electron chi connectivity index (χ1n) is 5.79. The van der Waals surface area contributed by atoms with Crippen molar-refractivity contribution in [2.75, 3.05) is 0 Å². The van der Waals surface area contributed by atoms with E-state index in [1.807, 2.05) is 12.1 Å². The highest BCUT2D eigenvalue weighted by molar-refractivity contribution is 5.66. The summed E-state index contributed by atoms with van der Waals surface area (Å²) in [7, 11) is 0. The number of ether oxygens (including phenoxy) is 1. The second kappa shape index (κ2) is 5.69. The van der Waals surface area contributed by atoms with E-state index in [0.29, 0.717) is 0 Å². The lowest BCUT2D eigenvalue weighted by Crippen LogP contribution is -2.10. The number of aryl methyl sites for hydroxylation is 1. The van der Waals surface area contributed by atoms with Gasteiger partial charge in [-0.3, -0.25) is 4.79 Å². The van der Waals surface area contributed by atoms with Gasteiger partial charge in [0.15, 0.2) is 0 Å². The van der Waals surface area contributed by atoms with Crippen LogP contribution >= 0.6 is 0 Å². The highest BCUT2D eigenvalue weighted by Gasteiger charge is 2.16. The summed E-state index contributed by atoms with van der Waals surface area (Å²) >= 11 is 0. The number of carbonyl (C=O) groups is 1. The lowest BCUT2D eigenvalue weighted by atomic mass is 9.97. The van der Waals surface area contributed by atoms with Crippen molar-refractivity contribution in [2.24, 2.45) is 0 Å². The van der Waals surface area contributed by atoms with Crippen molar-refractivity contribution in [3.8, 4) is 0 Å². The molecule has 1 unspecified atom stereocenters. The predicted octanol–water partition coefficient (Wildman–Crippen LogP) is 3.71. The Bertz CT molecular complexity index is 369. The van der Waals surface area contributed by atoms with Gasteiger partial charge in [0, 0.05) is 6.92 Å². The molecular formula is C14H20O2.